The summed E-state index contributed by atoms with van der Waals surface area (Å²) in [6, 6.07) is 62.9. The van der Waals surface area contributed by atoms with Gasteiger partial charge in [-0.3, -0.25) is 0 Å². The van der Waals surface area contributed by atoms with E-state index in [0.29, 0.717) is 0 Å². The van der Waals surface area contributed by atoms with E-state index in [9.17, 15) is 0 Å². The van der Waals surface area contributed by atoms with E-state index in [4.69, 9.17) is 4.42 Å². The molecule has 0 amide bonds. The van der Waals surface area contributed by atoms with Crippen LogP contribution in [0, 0.1) is 0 Å². The molecule has 0 fully saturated rings. The number of furan rings is 1. The Bertz CT molecular complexity index is 3220. The maximum Gasteiger partial charge on any atom is 0.137 e. The molecular formula is C53H37NOS. The van der Waals surface area contributed by atoms with Crippen molar-refractivity contribution in [1.82, 2.24) is 0 Å². The summed E-state index contributed by atoms with van der Waals surface area (Å²) in [5.41, 5.74) is 16.7. The molecule has 0 atom stereocenters. The van der Waals surface area contributed by atoms with Crippen LogP contribution in [0.4, 0.5) is 17.1 Å². The molecule has 2 heterocycles. The van der Waals surface area contributed by atoms with Crippen LogP contribution in [0.1, 0.15) is 48.6 Å². The number of fused-ring (bicyclic) bond motifs is 12. The Morgan fingerprint density at radius 3 is 1.75 bits per heavy atom. The highest BCUT2D eigenvalue weighted by molar-refractivity contribution is 7.25. The lowest BCUT2D eigenvalue weighted by Crippen LogP contribution is -2.22. The Kier molecular flexibility index (Phi) is 6.44. The van der Waals surface area contributed by atoms with Gasteiger partial charge >= 0.3 is 0 Å². The molecule has 2 aliphatic rings. The molecule has 0 saturated carbocycles. The molecule has 0 bridgehead atoms. The highest BCUT2D eigenvalue weighted by Crippen LogP contribution is 2.54. The topological polar surface area (TPSA) is 16.4 Å². The van der Waals surface area contributed by atoms with Crippen LogP contribution in [0.25, 0.3) is 64.4 Å². The van der Waals surface area contributed by atoms with Crippen molar-refractivity contribution < 1.29 is 4.42 Å². The van der Waals surface area contributed by atoms with Crippen molar-refractivity contribution in [1.29, 1.82) is 0 Å². The van der Waals surface area contributed by atoms with Crippen LogP contribution in [0.15, 0.2) is 174 Å². The summed E-state index contributed by atoms with van der Waals surface area (Å²) in [7, 11) is 0. The monoisotopic (exact) mass is 735 g/mol. The maximum absolute atomic E-state index is 6.74. The Labute approximate surface area is 329 Å². The van der Waals surface area contributed by atoms with Crippen molar-refractivity contribution in [2.24, 2.45) is 0 Å². The van der Waals surface area contributed by atoms with Gasteiger partial charge in [0, 0.05) is 64.9 Å². The van der Waals surface area contributed by atoms with Gasteiger partial charge < -0.3 is 9.32 Å². The SMILES string of the molecule is CC1(C)c2ccccc2-c2ccc(N(c3ccc4c(c3)oc3ccc(C5(C)c6ccccc6-c6ccccc65)cc34)c3ccc4c(c3)sc3ccccc34)cc21. The van der Waals surface area contributed by atoms with Gasteiger partial charge in [-0.25, -0.2) is 0 Å². The zero-order valence-corrected chi connectivity index (χ0v) is 32.2. The summed E-state index contributed by atoms with van der Waals surface area (Å²) in [5, 5.41) is 4.87. The third-order valence-corrected chi connectivity index (χ3v) is 14.1. The maximum atomic E-state index is 6.74. The molecule has 2 nitrogen and oxygen atoms in total. The smallest absolute Gasteiger partial charge is 0.137 e. The third kappa shape index (κ3) is 4.26. The summed E-state index contributed by atoms with van der Waals surface area (Å²) < 4.78 is 9.33. The summed E-state index contributed by atoms with van der Waals surface area (Å²) in [4.78, 5) is 2.41. The normalized spacial score (nSPS) is 14.6. The van der Waals surface area contributed by atoms with E-state index in [0.717, 1.165) is 39.0 Å². The third-order valence-electron chi connectivity index (χ3n) is 13.0. The summed E-state index contributed by atoms with van der Waals surface area (Å²) >= 11 is 1.86. The van der Waals surface area contributed by atoms with Gasteiger partial charge in [0.2, 0.25) is 0 Å². The van der Waals surface area contributed by atoms with Gasteiger partial charge in [-0.15, -0.1) is 11.3 Å². The van der Waals surface area contributed by atoms with Crippen LogP contribution in [0.5, 0.6) is 0 Å². The molecule has 0 spiro atoms. The number of hydrogen-bond acceptors (Lipinski definition) is 3. The number of nitrogens with zero attached hydrogens (tertiary/aromatic N) is 1. The van der Waals surface area contributed by atoms with Gasteiger partial charge in [-0.05, 0) is 112 Å². The van der Waals surface area contributed by atoms with E-state index in [-0.39, 0.29) is 10.8 Å². The lowest BCUT2D eigenvalue weighted by Gasteiger charge is -2.28. The average molecular weight is 736 g/mol. The molecule has 8 aromatic carbocycles. The first-order valence-electron chi connectivity index (χ1n) is 19.5. The molecule has 2 aromatic heterocycles. The fraction of sp³-hybridized carbons (Fsp3) is 0.0943. The van der Waals surface area contributed by atoms with E-state index in [2.05, 4.69) is 196 Å². The molecule has 56 heavy (non-hydrogen) atoms. The molecule has 0 aliphatic heterocycles. The molecule has 0 N–H and O–H groups in total. The lowest BCUT2D eigenvalue weighted by molar-refractivity contribution is 0.660. The number of hydrogen-bond donors (Lipinski definition) is 0. The highest BCUT2D eigenvalue weighted by atomic mass is 32.1. The molecule has 0 unspecified atom stereocenters. The molecule has 0 saturated heterocycles. The second kappa shape index (κ2) is 11.3. The molecule has 10 aromatic rings. The first kappa shape index (κ1) is 31.9. The van der Waals surface area contributed by atoms with Gasteiger partial charge in [0.05, 0.1) is 0 Å². The minimum absolute atomic E-state index is 0.111. The van der Waals surface area contributed by atoms with Gasteiger partial charge in [0.1, 0.15) is 11.2 Å². The average Bonchev–Trinajstić information content (AvgIpc) is 3.94. The van der Waals surface area contributed by atoms with E-state index in [1.165, 1.54) is 70.2 Å². The summed E-state index contributed by atoms with van der Waals surface area (Å²) in [5.74, 6) is 0. The van der Waals surface area contributed by atoms with Gasteiger partial charge in [0.15, 0.2) is 0 Å². The molecule has 0 radical (unpaired) electrons. The van der Waals surface area contributed by atoms with Crippen LogP contribution in [0.2, 0.25) is 0 Å². The van der Waals surface area contributed by atoms with Crippen molar-refractivity contribution in [2.45, 2.75) is 31.6 Å². The predicted molar refractivity (Wildman–Crippen MR) is 236 cm³/mol. The second-order valence-corrected chi connectivity index (χ2v) is 17.3. The second-order valence-electron chi connectivity index (χ2n) is 16.2. The van der Waals surface area contributed by atoms with Crippen LogP contribution < -0.4 is 4.90 Å². The largest absolute Gasteiger partial charge is 0.456 e. The van der Waals surface area contributed by atoms with Crippen LogP contribution in [0.3, 0.4) is 0 Å². The van der Waals surface area contributed by atoms with E-state index >= 15 is 0 Å². The number of anilines is 3. The van der Waals surface area contributed by atoms with E-state index in [1.54, 1.807) is 0 Å². The Hall–Kier alpha value is -6.42. The van der Waals surface area contributed by atoms with Crippen LogP contribution in [-0.4, -0.2) is 0 Å². The van der Waals surface area contributed by atoms with Crippen LogP contribution >= 0.6 is 11.3 Å². The molecule has 12 rings (SSSR count). The summed E-state index contributed by atoms with van der Waals surface area (Å²) in [6.07, 6.45) is 0. The number of thiophene rings is 1. The minimum atomic E-state index is -0.270. The minimum Gasteiger partial charge on any atom is -0.456 e. The lowest BCUT2D eigenvalue weighted by atomic mass is 9.74. The molecule has 3 heteroatoms. The number of rotatable bonds is 4. The van der Waals surface area contributed by atoms with Gasteiger partial charge in [0.25, 0.3) is 0 Å². The van der Waals surface area contributed by atoms with Gasteiger partial charge in [-0.1, -0.05) is 123 Å². The Morgan fingerprint density at radius 2 is 0.982 bits per heavy atom. The van der Waals surface area contributed by atoms with Crippen molar-refractivity contribution >= 4 is 70.5 Å². The quantitative estimate of drug-likeness (QED) is 0.179. The first-order chi connectivity index (χ1) is 27.4. The molecule has 266 valence electrons. The van der Waals surface area contributed by atoms with Crippen LogP contribution in [-0.2, 0) is 10.8 Å². The highest BCUT2D eigenvalue weighted by Gasteiger charge is 2.41. The molecular weight excluding hydrogens is 699 g/mol. The summed E-state index contributed by atoms with van der Waals surface area (Å²) in [6.45, 7) is 7.08. The zero-order valence-electron chi connectivity index (χ0n) is 31.4. The Morgan fingerprint density at radius 1 is 0.411 bits per heavy atom. The fourth-order valence-corrected chi connectivity index (χ4v) is 11.3. The van der Waals surface area contributed by atoms with Crippen molar-refractivity contribution in [3.63, 3.8) is 0 Å². The first-order valence-corrected chi connectivity index (χ1v) is 20.3. The fourth-order valence-electron chi connectivity index (χ4n) is 10.1. The van der Waals surface area contributed by atoms with Crippen molar-refractivity contribution in [3.8, 4) is 22.3 Å². The number of benzene rings is 8. The van der Waals surface area contributed by atoms with E-state index in [1.807, 2.05) is 11.3 Å². The Balaban J connectivity index is 1.03. The van der Waals surface area contributed by atoms with Crippen molar-refractivity contribution in [2.75, 3.05) is 4.90 Å². The standard InChI is InChI=1S/C53H37NOS/c1-52(2)44-16-8-4-12-36(44)39-24-21-33(29-47(39)52)54(35-23-26-42-41-15-7-11-19-50(41)56-51(42)31-35)34-22-25-40-43-28-32(20-27-48(43)55-49(40)30-34)53(3)45-17-9-5-13-37(45)38-14-6-10-18-46(38)53/h4-31H,1-3H3. The van der Waals surface area contributed by atoms with E-state index < -0.39 is 0 Å². The van der Waals surface area contributed by atoms with Crippen molar-refractivity contribution in [3.05, 3.63) is 198 Å². The zero-order chi connectivity index (χ0) is 37.3. The van der Waals surface area contributed by atoms with Gasteiger partial charge in [-0.2, -0.15) is 0 Å². The molecule has 2 aliphatic carbocycles. The predicted octanol–water partition coefficient (Wildman–Crippen LogP) is 15.1.